The number of hydrogen-bond donors (Lipinski definition) is 0. The molecular formula is C21H21FN6O4. The van der Waals surface area contributed by atoms with Crippen LogP contribution in [0.1, 0.15) is 0 Å². The number of benzene rings is 1. The van der Waals surface area contributed by atoms with Gasteiger partial charge in [-0.3, -0.25) is 14.5 Å². The fourth-order valence-corrected chi connectivity index (χ4v) is 3.63. The first-order chi connectivity index (χ1) is 15.4. The molecule has 1 fully saturated rings. The van der Waals surface area contributed by atoms with E-state index in [2.05, 4.69) is 15.0 Å². The molecule has 2 aromatic rings. The number of piperazine rings is 1. The number of carbonyl (C=O) groups is 3. The lowest BCUT2D eigenvalue weighted by Crippen LogP contribution is -2.54. The Morgan fingerprint density at radius 2 is 1.78 bits per heavy atom. The molecule has 3 heterocycles. The number of imide groups is 1. The standard InChI is InChI=1S/C21H21FN6O4/c1-26-19(29)15(11-23-21(26)31)20(30)28-9-7-27(8-10-28)18-16(22)17(24-12-25-18)13-3-5-14(32-2)6-4-13/h3-6,11-12,15H,7-10H2,1-2H3. The van der Waals surface area contributed by atoms with Crippen LogP contribution in [0.3, 0.4) is 0 Å². The molecule has 4 amide bonds. The molecule has 1 atom stereocenters. The zero-order valence-electron chi connectivity index (χ0n) is 17.6. The largest absolute Gasteiger partial charge is 0.497 e. The van der Waals surface area contributed by atoms with Crippen molar-refractivity contribution in [3.05, 3.63) is 36.4 Å². The highest BCUT2D eigenvalue weighted by Crippen LogP contribution is 2.28. The third-order valence-electron chi connectivity index (χ3n) is 5.51. The number of anilines is 1. The van der Waals surface area contributed by atoms with Crippen molar-refractivity contribution < 1.29 is 23.5 Å². The van der Waals surface area contributed by atoms with Crippen LogP contribution < -0.4 is 9.64 Å². The molecule has 0 saturated carbocycles. The predicted octanol–water partition coefficient (Wildman–Crippen LogP) is 1.22. The molecule has 10 nitrogen and oxygen atoms in total. The van der Waals surface area contributed by atoms with Gasteiger partial charge in [-0.25, -0.2) is 24.1 Å². The summed E-state index contributed by atoms with van der Waals surface area (Å²) in [6.45, 7) is 1.20. The molecule has 0 bridgehead atoms. The van der Waals surface area contributed by atoms with E-state index in [-0.39, 0.29) is 24.6 Å². The van der Waals surface area contributed by atoms with Crippen LogP contribution in [0.25, 0.3) is 11.3 Å². The molecule has 1 unspecified atom stereocenters. The van der Waals surface area contributed by atoms with Gasteiger partial charge in [0.1, 0.15) is 17.8 Å². The minimum atomic E-state index is -1.12. The van der Waals surface area contributed by atoms with Crippen LogP contribution in [0.4, 0.5) is 15.0 Å². The van der Waals surface area contributed by atoms with Crippen molar-refractivity contribution in [1.29, 1.82) is 0 Å². The van der Waals surface area contributed by atoms with Gasteiger partial charge >= 0.3 is 6.03 Å². The number of aliphatic imine (C=N–C) groups is 1. The van der Waals surface area contributed by atoms with Crippen LogP contribution in [0.5, 0.6) is 5.75 Å². The van der Waals surface area contributed by atoms with Gasteiger partial charge in [0.2, 0.25) is 11.8 Å². The van der Waals surface area contributed by atoms with Crippen LogP contribution in [-0.4, -0.2) is 84.2 Å². The second-order valence-corrected chi connectivity index (χ2v) is 7.34. The smallest absolute Gasteiger partial charge is 0.349 e. The van der Waals surface area contributed by atoms with Crippen LogP contribution >= 0.6 is 0 Å². The van der Waals surface area contributed by atoms with E-state index in [1.807, 2.05) is 0 Å². The summed E-state index contributed by atoms with van der Waals surface area (Å²) in [5, 5.41) is 0. The summed E-state index contributed by atoms with van der Waals surface area (Å²) in [6, 6.07) is 6.18. The number of rotatable bonds is 4. The molecule has 1 aromatic heterocycles. The van der Waals surface area contributed by atoms with Gasteiger partial charge in [0, 0.05) is 45.0 Å². The minimum Gasteiger partial charge on any atom is -0.497 e. The van der Waals surface area contributed by atoms with Crippen molar-refractivity contribution in [2.45, 2.75) is 0 Å². The summed E-state index contributed by atoms with van der Waals surface area (Å²) in [6.07, 6.45) is 2.39. The normalized spacial score (nSPS) is 18.8. The van der Waals surface area contributed by atoms with Gasteiger partial charge in [0.15, 0.2) is 17.6 Å². The Bertz CT molecular complexity index is 1080. The van der Waals surface area contributed by atoms with Gasteiger partial charge in [-0.1, -0.05) is 0 Å². The average molecular weight is 440 g/mol. The van der Waals surface area contributed by atoms with E-state index in [1.54, 1.807) is 36.3 Å². The molecule has 1 aromatic carbocycles. The van der Waals surface area contributed by atoms with Crippen LogP contribution in [0.2, 0.25) is 0 Å². The first-order valence-electron chi connectivity index (χ1n) is 9.95. The number of nitrogens with zero attached hydrogens (tertiary/aromatic N) is 6. The number of ether oxygens (including phenoxy) is 1. The summed E-state index contributed by atoms with van der Waals surface area (Å²) in [4.78, 5) is 52.3. The van der Waals surface area contributed by atoms with Gasteiger partial charge < -0.3 is 14.5 Å². The summed E-state index contributed by atoms with van der Waals surface area (Å²) < 4.78 is 20.4. The molecule has 0 spiro atoms. The highest BCUT2D eigenvalue weighted by molar-refractivity contribution is 6.20. The number of aromatic nitrogens is 2. The summed E-state index contributed by atoms with van der Waals surface area (Å²) >= 11 is 0. The minimum absolute atomic E-state index is 0.151. The molecule has 0 N–H and O–H groups in total. The van der Waals surface area contributed by atoms with E-state index in [0.29, 0.717) is 24.4 Å². The second kappa shape index (κ2) is 8.69. The van der Waals surface area contributed by atoms with Crippen molar-refractivity contribution in [3.8, 4) is 17.0 Å². The number of amides is 4. The lowest BCUT2D eigenvalue weighted by Gasteiger charge is -2.37. The number of methoxy groups -OCH3 is 1. The van der Waals surface area contributed by atoms with E-state index < -0.39 is 29.6 Å². The maximum atomic E-state index is 15.2. The third kappa shape index (κ3) is 3.88. The molecule has 0 radical (unpaired) electrons. The monoisotopic (exact) mass is 440 g/mol. The number of carbonyl (C=O) groups excluding carboxylic acids is 3. The average Bonchev–Trinajstić information content (AvgIpc) is 2.83. The number of urea groups is 1. The van der Waals surface area contributed by atoms with Crippen LogP contribution in [0, 0.1) is 11.7 Å². The SMILES string of the molecule is COc1ccc(-c2ncnc(N3CCN(C(=O)C4C=NC(=O)N(C)C4=O)CC3)c2F)cc1. The molecule has 11 heteroatoms. The molecule has 0 aliphatic carbocycles. The quantitative estimate of drug-likeness (QED) is 0.658. The van der Waals surface area contributed by atoms with Crippen molar-refractivity contribution in [1.82, 2.24) is 19.8 Å². The predicted molar refractivity (Wildman–Crippen MR) is 113 cm³/mol. The topological polar surface area (TPSA) is 108 Å². The Morgan fingerprint density at radius 3 is 2.44 bits per heavy atom. The van der Waals surface area contributed by atoms with Gasteiger partial charge in [-0.15, -0.1) is 0 Å². The Kier molecular flexibility index (Phi) is 5.80. The van der Waals surface area contributed by atoms with Gasteiger partial charge in [0.25, 0.3) is 0 Å². The van der Waals surface area contributed by atoms with Crippen LogP contribution in [0.15, 0.2) is 35.6 Å². The Labute approximate surface area is 183 Å². The van der Waals surface area contributed by atoms with E-state index in [0.717, 1.165) is 11.1 Å². The van der Waals surface area contributed by atoms with Gasteiger partial charge in [-0.2, -0.15) is 0 Å². The Morgan fingerprint density at radius 1 is 1.09 bits per heavy atom. The van der Waals surface area contributed by atoms with E-state index in [9.17, 15) is 14.4 Å². The van der Waals surface area contributed by atoms with E-state index in [4.69, 9.17) is 4.74 Å². The molecule has 4 rings (SSSR count). The molecule has 2 aliphatic heterocycles. The highest BCUT2D eigenvalue weighted by Gasteiger charge is 2.37. The summed E-state index contributed by atoms with van der Waals surface area (Å²) in [5.41, 5.74) is 0.766. The Hall–Kier alpha value is -3.89. The van der Waals surface area contributed by atoms with Gasteiger partial charge in [-0.05, 0) is 24.3 Å². The molecule has 32 heavy (non-hydrogen) atoms. The Balaban J connectivity index is 1.46. The summed E-state index contributed by atoms with van der Waals surface area (Å²) in [5.74, 6) is -1.91. The van der Waals surface area contributed by atoms with Crippen molar-refractivity contribution in [2.24, 2.45) is 10.9 Å². The van der Waals surface area contributed by atoms with Gasteiger partial charge in [0.05, 0.1) is 7.11 Å². The third-order valence-corrected chi connectivity index (χ3v) is 5.51. The fourth-order valence-electron chi connectivity index (χ4n) is 3.63. The maximum absolute atomic E-state index is 15.2. The van der Waals surface area contributed by atoms with Crippen LogP contribution in [-0.2, 0) is 9.59 Å². The first kappa shape index (κ1) is 21.3. The number of hydrogen-bond acceptors (Lipinski definition) is 7. The maximum Gasteiger partial charge on any atom is 0.349 e. The summed E-state index contributed by atoms with van der Waals surface area (Å²) in [7, 11) is 2.84. The lowest BCUT2D eigenvalue weighted by atomic mass is 10.1. The second-order valence-electron chi connectivity index (χ2n) is 7.34. The molecular weight excluding hydrogens is 419 g/mol. The van der Waals surface area contributed by atoms with Crippen molar-refractivity contribution in [3.63, 3.8) is 0 Å². The fraction of sp³-hybridized carbons (Fsp3) is 0.333. The highest BCUT2D eigenvalue weighted by atomic mass is 19.1. The first-order valence-corrected chi connectivity index (χ1v) is 9.95. The van der Waals surface area contributed by atoms with E-state index >= 15 is 4.39 Å². The zero-order chi connectivity index (χ0) is 22.8. The lowest BCUT2D eigenvalue weighted by molar-refractivity contribution is -0.142. The molecule has 1 saturated heterocycles. The number of halogens is 1. The van der Waals surface area contributed by atoms with Crippen molar-refractivity contribution >= 4 is 29.9 Å². The molecule has 2 aliphatic rings. The zero-order valence-corrected chi connectivity index (χ0v) is 17.6. The molecule has 166 valence electrons. The van der Waals surface area contributed by atoms with Crippen molar-refractivity contribution in [2.75, 3.05) is 45.2 Å². The van der Waals surface area contributed by atoms with E-state index in [1.165, 1.54) is 18.3 Å².